The Morgan fingerprint density at radius 3 is 2.00 bits per heavy atom. The summed E-state index contributed by atoms with van der Waals surface area (Å²) in [7, 11) is 0. The molecule has 2 nitrogen and oxygen atoms in total. The van der Waals surface area contributed by atoms with E-state index in [1.165, 1.54) is 0 Å². The van der Waals surface area contributed by atoms with Crippen molar-refractivity contribution < 1.29 is 5.11 Å². The molecule has 0 amide bonds. The third kappa shape index (κ3) is 3.45. The lowest BCUT2D eigenvalue weighted by atomic mass is 9.85. The molecule has 0 aliphatic heterocycles. The predicted octanol–water partition coefficient (Wildman–Crippen LogP) is 1.08. The Bertz CT molecular complexity index is 107. The highest BCUT2D eigenvalue weighted by Gasteiger charge is 2.27. The molecule has 0 bridgehead atoms. The van der Waals surface area contributed by atoms with Gasteiger partial charge in [-0.2, -0.15) is 11.8 Å². The summed E-state index contributed by atoms with van der Waals surface area (Å²) in [5.74, 6) is 0. The molecular weight excluding hydrogens is 158 g/mol. The Hall–Kier alpha value is 0.270. The molecule has 0 fully saturated rings. The summed E-state index contributed by atoms with van der Waals surface area (Å²) in [6.07, 6.45) is 1.98. The molecule has 0 aromatic carbocycles. The van der Waals surface area contributed by atoms with E-state index < -0.39 is 0 Å². The Kier molecular flexibility index (Phi) is 4.44. The van der Waals surface area contributed by atoms with Crippen LogP contribution in [-0.2, 0) is 0 Å². The van der Waals surface area contributed by atoms with Gasteiger partial charge in [-0.05, 0) is 11.7 Å². The number of thioether (sulfide) groups is 1. The number of rotatable bonds is 3. The minimum absolute atomic E-state index is 0.0579. The van der Waals surface area contributed by atoms with Crippen molar-refractivity contribution in [3.63, 3.8) is 0 Å². The van der Waals surface area contributed by atoms with Crippen LogP contribution in [-0.4, -0.2) is 29.3 Å². The van der Waals surface area contributed by atoms with E-state index in [-0.39, 0.29) is 23.3 Å². The first-order chi connectivity index (χ1) is 4.93. The number of hydrogen-bond acceptors (Lipinski definition) is 3. The number of hydrogen-bond donors (Lipinski definition) is 2. The quantitative estimate of drug-likeness (QED) is 0.678. The summed E-state index contributed by atoms with van der Waals surface area (Å²) in [6.45, 7) is 6.45. The van der Waals surface area contributed by atoms with E-state index in [0.29, 0.717) is 0 Å². The molecule has 0 aromatic rings. The van der Waals surface area contributed by atoms with Crippen LogP contribution in [0.5, 0.6) is 0 Å². The van der Waals surface area contributed by atoms with E-state index in [1.807, 2.05) is 6.26 Å². The van der Waals surface area contributed by atoms with Crippen LogP contribution in [0.4, 0.5) is 0 Å². The minimum Gasteiger partial charge on any atom is -0.395 e. The zero-order valence-corrected chi connectivity index (χ0v) is 8.61. The summed E-state index contributed by atoms with van der Waals surface area (Å²) in [6, 6.07) is 0.0579. The van der Waals surface area contributed by atoms with Gasteiger partial charge in [-0.1, -0.05) is 20.8 Å². The van der Waals surface area contributed by atoms with E-state index in [2.05, 4.69) is 20.8 Å². The molecule has 3 N–H and O–H groups in total. The van der Waals surface area contributed by atoms with Crippen molar-refractivity contribution in [3.8, 4) is 0 Å². The lowest BCUT2D eigenvalue weighted by Crippen LogP contribution is -2.45. The van der Waals surface area contributed by atoms with Crippen LogP contribution in [0.2, 0.25) is 0 Å². The highest BCUT2D eigenvalue weighted by Crippen LogP contribution is 2.25. The fourth-order valence-electron chi connectivity index (χ4n) is 0.892. The molecule has 0 aliphatic rings. The second-order valence-corrected chi connectivity index (χ2v) is 4.93. The molecule has 0 radical (unpaired) electrons. The Balaban J connectivity index is 4.09. The van der Waals surface area contributed by atoms with Crippen LogP contribution < -0.4 is 5.73 Å². The van der Waals surface area contributed by atoms with Gasteiger partial charge >= 0.3 is 0 Å². The number of nitrogens with two attached hydrogens (primary N) is 1. The van der Waals surface area contributed by atoms with Crippen molar-refractivity contribution in [2.45, 2.75) is 32.1 Å². The van der Waals surface area contributed by atoms with Crippen LogP contribution in [0.25, 0.3) is 0 Å². The number of aliphatic hydroxyl groups is 1. The highest BCUT2D eigenvalue weighted by molar-refractivity contribution is 7.99. The van der Waals surface area contributed by atoms with Gasteiger partial charge in [-0.25, -0.2) is 0 Å². The first-order valence-corrected chi connectivity index (χ1v) is 5.11. The molecule has 2 atom stereocenters. The Morgan fingerprint density at radius 2 is 1.91 bits per heavy atom. The zero-order chi connectivity index (χ0) is 9.07. The molecule has 2 unspecified atom stereocenters. The minimum atomic E-state index is 0.0579. The second-order valence-electron chi connectivity index (χ2n) is 3.85. The summed E-state index contributed by atoms with van der Waals surface area (Å²) >= 11 is 1.63. The predicted molar refractivity (Wildman–Crippen MR) is 51.8 cm³/mol. The molecule has 0 aromatic heterocycles. The molecule has 0 aliphatic carbocycles. The average molecular weight is 177 g/mol. The second kappa shape index (κ2) is 4.33. The monoisotopic (exact) mass is 177 g/mol. The molecule has 68 valence electrons. The van der Waals surface area contributed by atoms with Gasteiger partial charge in [0, 0.05) is 11.3 Å². The van der Waals surface area contributed by atoms with Crippen molar-refractivity contribution >= 4 is 11.8 Å². The fourth-order valence-corrected chi connectivity index (χ4v) is 1.74. The van der Waals surface area contributed by atoms with Crippen LogP contribution in [0.1, 0.15) is 20.8 Å². The van der Waals surface area contributed by atoms with E-state index in [1.54, 1.807) is 11.8 Å². The molecule has 0 saturated heterocycles. The van der Waals surface area contributed by atoms with Gasteiger partial charge in [0.25, 0.3) is 0 Å². The van der Waals surface area contributed by atoms with Crippen molar-refractivity contribution in [2.24, 2.45) is 11.1 Å². The molecule has 0 spiro atoms. The number of aliphatic hydroxyl groups excluding tert-OH is 1. The van der Waals surface area contributed by atoms with Gasteiger partial charge in [0.2, 0.25) is 0 Å². The summed E-state index contributed by atoms with van der Waals surface area (Å²) in [5.41, 5.74) is 6.01. The van der Waals surface area contributed by atoms with Gasteiger partial charge in [-0.15, -0.1) is 0 Å². The lowest BCUT2D eigenvalue weighted by Gasteiger charge is -2.32. The maximum atomic E-state index is 8.96. The first kappa shape index (κ1) is 11.3. The van der Waals surface area contributed by atoms with Gasteiger partial charge in [-0.3, -0.25) is 0 Å². The molecular formula is C8H19NOS. The van der Waals surface area contributed by atoms with Gasteiger partial charge in [0.05, 0.1) is 6.61 Å². The van der Waals surface area contributed by atoms with E-state index in [0.717, 1.165) is 0 Å². The maximum Gasteiger partial charge on any atom is 0.0565 e. The van der Waals surface area contributed by atoms with Crippen molar-refractivity contribution in [3.05, 3.63) is 0 Å². The summed E-state index contributed by atoms with van der Waals surface area (Å²) in [5, 5.41) is 9.12. The van der Waals surface area contributed by atoms with Crippen LogP contribution in [0.3, 0.4) is 0 Å². The van der Waals surface area contributed by atoms with E-state index in [4.69, 9.17) is 10.8 Å². The first-order valence-electron chi connectivity index (χ1n) is 3.82. The molecule has 0 saturated carbocycles. The average Bonchev–Trinajstić information content (AvgIpc) is 1.88. The fraction of sp³-hybridized carbons (Fsp3) is 1.00. The largest absolute Gasteiger partial charge is 0.395 e. The SMILES string of the molecule is CSC(CO)C(N)C(C)(C)C. The molecule has 3 heteroatoms. The zero-order valence-electron chi connectivity index (χ0n) is 7.79. The molecule has 0 heterocycles. The van der Waals surface area contributed by atoms with Crippen LogP contribution in [0.15, 0.2) is 0 Å². The molecule has 11 heavy (non-hydrogen) atoms. The third-order valence-corrected chi connectivity index (χ3v) is 2.93. The molecule has 0 rings (SSSR count). The van der Waals surface area contributed by atoms with E-state index >= 15 is 0 Å². The van der Waals surface area contributed by atoms with Gasteiger partial charge in [0.1, 0.15) is 0 Å². The smallest absolute Gasteiger partial charge is 0.0565 e. The standard InChI is InChI=1S/C8H19NOS/c1-8(2,3)7(9)6(5-10)11-4/h6-7,10H,5,9H2,1-4H3. The Labute approximate surface area is 73.6 Å². The summed E-state index contributed by atoms with van der Waals surface area (Å²) < 4.78 is 0. The topological polar surface area (TPSA) is 46.2 Å². The van der Waals surface area contributed by atoms with E-state index in [9.17, 15) is 0 Å². The van der Waals surface area contributed by atoms with Crippen molar-refractivity contribution in [1.82, 2.24) is 0 Å². The maximum absolute atomic E-state index is 8.96. The lowest BCUT2D eigenvalue weighted by molar-refractivity contribution is 0.233. The van der Waals surface area contributed by atoms with Crippen LogP contribution in [0, 0.1) is 5.41 Å². The van der Waals surface area contributed by atoms with Crippen molar-refractivity contribution in [2.75, 3.05) is 12.9 Å². The van der Waals surface area contributed by atoms with Gasteiger partial charge < -0.3 is 10.8 Å². The van der Waals surface area contributed by atoms with Crippen LogP contribution >= 0.6 is 11.8 Å². The van der Waals surface area contributed by atoms with Gasteiger partial charge in [0.15, 0.2) is 0 Å². The highest BCUT2D eigenvalue weighted by atomic mass is 32.2. The van der Waals surface area contributed by atoms with Crippen molar-refractivity contribution in [1.29, 1.82) is 0 Å². The third-order valence-electron chi connectivity index (χ3n) is 1.88. The summed E-state index contributed by atoms with van der Waals surface area (Å²) in [4.78, 5) is 0. The Morgan fingerprint density at radius 1 is 1.45 bits per heavy atom. The normalized spacial score (nSPS) is 18.0.